The van der Waals surface area contributed by atoms with Crippen LogP contribution in [0.3, 0.4) is 0 Å². The third-order valence-electron chi connectivity index (χ3n) is 1.66. The largest absolute Gasteiger partial charge is 0.396 e. The molecule has 0 unspecified atom stereocenters. The molecule has 0 atom stereocenters. The number of rotatable bonds is 7. The monoisotopic (exact) mass is 176 g/mol. The summed E-state index contributed by atoms with van der Waals surface area (Å²) in [6.07, 6.45) is 3.61. The lowest BCUT2D eigenvalue weighted by atomic mass is 10.5. The molecule has 0 amide bonds. The van der Waals surface area contributed by atoms with Crippen molar-refractivity contribution >= 4 is 11.8 Å². The van der Waals surface area contributed by atoms with Crippen molar-refractivity contribution < 1.29 is 9.84 Å². The summed E-state index contributed by atoms with van der Waals surface area (Å²) in [5.74, 6) is 2.69. The van der Waals surface area contributed by atoms with E-state index in [2.05, 4.69) is 0 Å². The van der Waals surface area contributed by atoms with Crippen LogP contribution in [0.4, 0.5) is 0 Å². The first-order chi connectivity index (χ1) is 5.43. The van der Waals surface area contributed by atoms with Crippen LogP contribution in [0, 0.1) is 5.92 Å². The number of aliphatic hydroxyl groups is 1. The zero-order valence-electron chi connectivity index (χ0n) is 6.79. The summed E-state index contributed by atoms with van der Waals surface area (Å²) in [6, 6.07) is 0. The van der Waals surface area contributed by atoms with Crippen LogP contribution in [-0.2, 0) is 4.74 Å². The molecule has 1 saturated carbocycles. The maximum Gasteiger partial charge on any atom is 0.0921 e. The van der Waals surface area contributed by atoms with Gasteiger partial charge in [0.25, 0.3) is 0 Å². The van der Waals surface area contributed by atoms with E-state index in [1.807, 2.05) is 0 Å². The van der Waals surface area contributed by atoms with Gasteiger partial charge in [-0.2, -0.15) is 0 Å². The van der Waals surface area contributed by atoms with Gasteiger partial charge >= 0.3 is 0 Å². The van der Waals surface area contributed by atoms with Gasteiger partial charge in [-0.25, -0.2) is 0 Å². The predicted octanol–water partition coefficient (Wildman–Crippen LogP) is 1.49. The average molecular weight is 176 g/mol. The van der Waals surface area contributed by atoms with E-state index in [9.17, 15) is 0 Å². The highest BCUT2D eigenvalue weighted by Crippen LogP contribution is 2.28. The van der Waals surface area contributed by atoms with Gasteiger partial charge in [0.2, 0.25) is 0 Å². The molecule has 0 spiro atoms. The molecule has 0 aromatic heterocycles. The molecule has 0 aliphatic heterocycles. The van der Waals surface area contributed by atoms with Crippen molar-refractivity contribution in [3.63, 3.8) is 0 Å². The molecule has 3 heteroatoms. The summed E-state index contributed by atoms with van der Waals surface area (Å²) in [4.78, 5) is 0. The first-order valence-corrected chi connectivity index (χ1v) is 5.35. The second-order valence-electron chi connectivity index (χ2n) is 2.92. The quantitative estimate of drug-likeness (QED) is 0.471. The SMILES string of the molecule is OCCCSCOCC1CC1. The molecular weight excluding hydrogens is 160 g/mol. The Bertz CT molecular complexity index is 94.1. The van der Waals surface area contributed by atoms with E-state index >= 15 is 0 Å². The molecule has 2 nitrogen and oxygen atoms in total. The van der Waals surface area contributed by atoms with Crippen LogP contribution >= 0.6 is 11.8 Å². The van der Waals surface area contributed by atoms with E-state index in [0.29, 0.717) is 6.61 Å². The number of hydrogen-bond donors (Lipinski definition) is 1. The molecule has 1 aliphatic carbocycles. The first kappa shape index (κ1) is 9.36. The molecule has 1 rings (SSSR count). The molecule has 0 heterocycles. The molecule has 66 valence electrons. The van der Waals surface area contributed by atoms with Crippen molar-refractivity contribution in [1.82, 2.24) is 0 Å². The van der Waals surface area contributed by atoms with Crippen molar-refractivity contribution in [2.75, 3.05) is 24.9 Å². The summed E-state index contributed by atoms with van der Waals surface area (Å²) in [7, 11) is 0. The minimum absolute atomic E-state index is 0.301. The minimum Gasteiger partial charge on any atom is -0.396 e. The Kier molecular flexibility index (Phi) is 4.99. The molecule has 1 fully saturated rings. The van der Waals surface area contributed by atoms with Gasteiger partial charge in [0, 0.05) is 6.61 Å². The minimum atomic E-state index is 0.301. The molecule has 0 saturated heterocycles. The van der Waals surface area contributed by atoms with Gasteiger partial charge in [-0.15, -0.1) is 11.8 Å². The van der Waals surface area contributed by atoms with Gasteiger partial charge in [0.05, 0.1) is 12.5 Å². The van der Waals surface area contributed by atoms with E-state index in [0.717, 1.165) is 30.6 Å². The second-order valence-corrected chi connectivity index (χ2v) is 3.97. The topological polar surface area (TPSA) is 29.5 Å². The van der Waals surface area contributed by atoms with Crippen molar-refractivity contribution in [3.05, 3.63) is 0 Å². The lowest BCUT2D eigenvalue weighted by Crippen LogP contribution is -1.96. The van der Waals surface area contributed by atoms with E-state index in [1.54, 1.807) is 11.8 Å². The van der Waals surface area contributed by atoms with Crippen LogP contribution in [0.1, 0.15) is 19.3 Å². The fourth-order valence-electron chi connectivity index (χ4n) is 0.784. The fourth-order valence-corrected chi connectivity index (χ4v) is 1.45. The molecule has 0 aromatic rings. The number of ether oxygens (including phenoxy) is 1. The zero-order chi connectivity index (χ0) is 7.94. The van der Waals surface area contributed by atoms with E-state index in [-0.39, 0.29) is 0 Å². The summed E-state index contributed by atoms with van der Waals surface area (Å²) < 4.78 is 5.39. The third-order valence-corrected chi connectivity index (χ3v) is 2.57. The normalized spacial score (nSPS) is 17.2. The van der Waals surface area contributed by atoms with Crippen molar-refractivity contribution in [2.45, 2.75) is 19.3 Å². The molecule has 11 heavy (non-hydrogen) atoms. The Balaban J connectivity index is 1.66. The predicted molar refractivity (Wildman–Crippen MR) is 47.7 cm³/mol. The number of hydrogen-bond acceptors (Lipinski definition) is 3. The van der Waals surface area contributed by atoms with E-state index in [4.69, 9.17) is 9.84 Å². The molecule has 0 aromatic carbocycles. The Morgan fingerprint density at radius 3 is 2.91 bits per heavy atom. The average Bonchev–Trinajstić information content (AvgIpc) is 2.80. The van der Waals surface area contributed by atoms with Crippen LogP contribution in [-0.4, -0.2) is 30.0 Å². The molecule has 0 radical (unpaired) electrons. The highest BCUT2D eigenvalue weighted by atomic mass is 32.2. The molecule has 1 N–H and O–H groups in total. The van der Waals surface area contributed by atoms with Crippen molar-refractivity contribution in [1.29, 1.82) is 0 Å². The lowest BCUT2D eigenvalue weighted by Gasteiger charge is -2.01. The van der Waals surface area contributed by atoms with E-state index < -0.39 is 0 Å². The Hall–Kier alpha value is 0.270. The smallest absolute Gasteiger partial charge is 0.0921 e. The van der Waals surface area contributed by atoms with Crippen LogP contribution in [0.25, 0.3) is 0 Å². The lowest BCUT2D eigenvalue weighted by molar-refractivity contribution is 0.171. The third kappa shape index (κ3) is 5.53. The van der Waals surface area contributed by atoms with Crippen molar-refractivity contribution in [3.8, 4) is 0 Å². The van der Waals surface area contributed by atoms with Gasteiger partial charge in [0.1, 0.15) is 0 Å². The van der Waals surface area contributed by atoms with E-state index in [1.165, 1.54) is 12.8 Å². The Morgan fingerprint density at radius 2 is 2.27 bits per heavy atom. The summed E-state index contributed by atoms with van der Waals surface area (Å²) >= 11 is 1.77. The highest BCUT2D eigenvalue weighted by Gasteiger charge is 2.20. The number of aliphatic hydroxyl groups excluding tert-OH is 1. The maximum absolute atomic E-state index is 8.47. The van der Waals surface area contributed by atoms with Gasteiger partial charge < -0.3 is 9.84 Å². The fraction of sp³-hybridized carbons (Fsp3) is 1.00. The molecular formula is C8H16O2S. The maximum atomic E-state index is 8.47. The molecule has 1 aliphatic rings. The highest BCUT2D eigenvalue weighted by molar-refractivity contribution is 7.99. The zero-order valence-corrected chi connectivity index (χ0v) is 7.61. The number of thioether (sulfide) groups is 1. The first-order valence-electron chi connectivity index (χ1n) is 4.20. The van der Waals surface area contributed by atoms with Crippen molar-refractivity contribution in [2.24, 2.45) is 5.92 Å². The standard InChI is InChI=1S/C8H16O2S/c9-4-1-5-11-7-10-6-8-2-3-8/h8-9H,1-7H2. The second kappa shape index (κ2) is 5.86. The van der Waals surface area contributed by atoms with Crippen LogP contribution in [0.2, 0.25) is 0 Å². The van der Waals surface area contributed by atoms with Crippen LogP contribution in [0.15, 0.2) is 0 Å². The summed E-state index contributed by atoms with van der Waals surface area (Å²) in [5.41, 5.74) is 0. The summed E-state index contributed by atoms with van der Waals surface area (Å²) in [6.45, 7) is 1.25. The van der Waals surface area contributed by atoms with Gasteiger partial charge in [-0.1, -0.05) is 0 Å². The van der Waals surface area contributed by atoms with Crippen LogP contribution in [0.5, 0.6) is 0 Å². The van der Waals surface area contributed by atoms with Gasteiger partial charge in [0.15, 0.2) is 0 Å². The van der Waals surface area contributed by atoms with Crippen LogP contribution < -0.4 is 0 Å². The Labute approximate surface area is 72.3 Å². The summed E-state index contributed by atoms with van der Waals surface area (Å²) in [5, 5.41) is 8.47. The van der Waals surface area contributed by atoms with Gasteiger partial charge in [-0.3, -0.25) is 0 Å². The molecule has 0 bridgehead atoms. The Morgan fingerprint density at radius 1 is 1.45 bits per heavy atom. The van der Waals surface area contributed by atoms with Gasteiger partial charge in [-0.05, 0) is 30.9 Å².